The number of aromatic nitrogens is 2. The summed E-state index contributed by atoms with van der Waals surface area (Å²) in [6.45, 7) is 4.96. The SMILES string of the molecule is Cc1cc(NC(=O)[C@H]2CCN[C@@H](C)C2)n(C)n1.Cl. The Labute approximate surface area is 114 Å². The van der Waals surface area contributed by atoms with Gasteiger partial charge >= 0.3 is 0 Å². The Hall–Kier alpha value is -1.07. The van der Waals surface area contributed by atoms with E-state index in [2.05, 4.69) is 22.7 Å². The van der Waals surface area contributed by atoms with Gasteiger partial charge in [-0.1, -0.05) is 0 Å². The van der Waals surface area contributed by atoms with E-state index in [1.54, 1.807) is 4.68 Å². The quantitative estimate of drug-likeness (QED) is 0.857. The van der Waals surface area contributed by atoms with E-state index in [-0.39, 0.29) is 24.2 Å². The molecular formula is C12H21ClN4O. The molecule has 102 valence electrons. The number of anilines is 1. The molecule has 18 heavy (non-hydrogen) atoms. The summed E-state index contributed by atoms with van der Waals surface area (Å²) >= 11 is 0. The number of carbonyl (C=O) groups is 1. The predicted octanol–water partition coefficient (Wildman–Crippen LogP) is 1.48. The molecule has 1 fully saturated rings. The van der Waals surface area contributed by atoms with Crippen LogP contribution in [0, 0.1) is 12.8 Å². The first kappa shape index (κ1) is 15.0. The molecule has 5 nitrogen and oxygen atoms in total. The third kappa shape index (κ3) is 3.46. The number of amides is 1. The molecule has 0 aromatic carbocycles. The number of piperidine rings is 1. The summed E-state index contributed by atoms with van der Waals surface area (Å²) in [5, 5.41) is 10.5. The highest BCUT2D eigenvalue weighted by atomic mass is 35.5. The van der Waals surface area contributed by atoms with Crippen LogP contribution < -0.4 is 10.6 Å². The maximum atomic E-state index is 12.1. The Morgan fingerprint density at radius 2 is 2.33 bits per heavy atom. The zero-order chi connectivity index (χ0) is 12.4. The van der Waals surface area contributed by atoms with Gasteiger partial charge in [-0.15, -0.1) is 12.4 Å². The van der Waals surface area contributed by atoms with Crippen molar-refractivity contribution < 1.29 is 4.79 Å². The summed E-state index contributed by atoms with van der Waals surface area (Å²) in [5.41, 5.74) is 0.918. The number of aryl methyl sites for hydroxylation is 2. The van der Waals surface area contributed by atoms with E-state index in [1.165, 1.54) is 0 Å². The van der Waals surface area contributed by atoms with Crippen molar-refractivity contribution in [1.29, 1.82) is 0 Å². The van der Waals surface area contributed by atoms with Gasteiger partial charge in [0, 0.05) is 25.1 Å². The summed E-state index contributed by atoms with van der Waals surface area (Å²) in [6.07, 6.45) is 1.82. The second kappa shape index (κ2) is 6.20. The molecule has 0 spiro atoms. The molecule has 2 N–H and O–H groups in total. The lowest BCUT2D eigenvalue weighted by Crippen LogP contribution is -2.40. The molecule has 1 saturated heterocycles. The van der Waals surface area contributed by atoms with Crippen LogP contribution in [0.2, 0.25) is 0 Å². The standard InChI is InChI=1S/C12H20N4O.ClH/c1-8-6-10(4-5-13-8)12(17)14-11-7-9(2)15-16(11)3;/h7-8,10,13H,4-6H2,1-3H3,(H,14,17);1H/t8-,10-;/m0./s1. The molecule has 1 aromatic heterocycles. The maximum Gasteiger partial charge on any atom is 0.228 e. The summed E-state index contributed by atoms with van der Waals surface area (Å²) < 4.78 is 1.71. The van der Waals surface area contributed by atoms with Gasteiger partial charge in [-0.2, -0.15) is 5.10 Å². The van der Waals surface area contributed by atoms with E-state index >= 15 is 0 Å². The molecule has 0 bridgehead atoms. The average molecular weight is 273 g/mol. The van der Waals surface area contributed by atoms with Crippen molar-refractivity contribution in [3.63, 3.8) is 0 Å². The van der Waals surface area contributed by atoms with Crippen LogP contribution in [-0.4, -0.2) is 28.3 Å². The van der Waals surface area contributed by atoms with Crippen LogP contribution in [0.15, 0.2) is 6.07 Å². The van der Waals surface area contributed by atoms with E-state index in [0.717, 1.165) is 30.9 Å². The van der Waals surface area contributed by atoms with Crippen LogP contribution in [0.5, 0.6) is 0 Å². The molecule has 0 aliphatic carbocycles. The number of nitrogens with zero attached hydrogens (tertiary/aromatic N) is 2. The first-order valence-corrected chi connectivity index (χ1v) is 6.11. The molecule has 2 rings (SSSR count). The average Bonchev–Trinajstić information content (AvgIpc) is 2.57. The highest BCUT2D eigenvalue weighted by molar-refractivity contribution is 5.91. The summed E-state index contributed by atoms with van der Waals surface area (Å²) in [7, 11) is 1.84. The van der Waals surface area contributed by atoms with Crippen molar-refractivity contribution in [3.05, 3.63) is 11.8 Å². The summed E-state index contributed by atoms with van der Waals surface area (Å²) in [4.78, 5) is 12.1. The van der Waals surface area contributed by atoms with Crippen LogP contribution in [0.4, 0.5) is 5.82 Å². The van der Waals surface area contributed by atoms with Crippen molar-refractivity contribution in [2.75, 3.05) is 11.9 Å². The molecule has 0 radical (unpaired) electrons. The van der Waals surface area contributed by atoms with Gasteiger partial charge in [-0.25, -0.2) is 0 Å². The first-order chi connectivity index (χ1) is 8.06. The first-order valence-electron chi connectivity index (χ1n) is 6.11. The topological polar surface area (TPSA) is 59.0 Å². The molecule has 0 unspecified atom stereocenters. The Kier molecular flexibility index (Phi) is 5.16. The Bertz CT molecular complexity index is 418. The van der Waals surface area contributed by atoms with Crippen LogP contribution >= 0.6 is 12.4 Å². The van der Waals surface area contributed by atoms with E-state index in [1.807, 2.05) is 20.0 Å². The molecule has 1 aliphatic heterocycles. The predicted molar refractivity (Wildman–Crippen MR) is 74.0 cm³/mol. The van der Waals surface area contributed by atoms with E-state index < -0.39 is 0 Å². The molecule has 1 aromatic rings. The smallest absolute Gasteiger partial charge is 0.228 e. The van der Waals surface area contributed by atoms with Gasteiger partial charge in [0.2, 0.25) is 5.91 Å². The van der Waals surface area contributed by atoms with Crippen LogP contribution in [0.1, 0.15) is 25.5 Å². The lowest BCUT2D eigenvalue weighted by molar-refractivity contribution is -0.120. The van der Waals surface area contributed by atoms with Gasteiger partial charge in [0.05, 0.1) is 5.69 Å². The van der Waals surface area contributed by atoms with Crippen molar-refractivity contribution in [1.82, 2.24) is 15.1 Å². The molecule has 2 heterocycles. The van der Waals surface area contributed by atoms with Gasteiger partial charge < -0.3 is 10.6 Å². The number of nitrogens with one attached hydrogen (secondary N) is 2. The number of hydrogen-bond acceptors (Lipinski definition) is 3. The fourth-order valence-corrected chi connectivity index (χ4v) is 2.33. The number of halogens is 1. The lowest BCUT2D eigenvalue weighted by atomic mass is 9.92. The monoisotopic (exact) mass is 272 g/mol. The van der Waals surface area contributed by atoms with E-state index in [4.69, 9.17) is 0 Å². The van der Waals surface area contributed by atoms with E-state index in [9.17, 15) is 4.79 Å². The third-order valence-electron chi connectivity index (χ3n) is 3.25. The largest absolute Gasteiger partial charge is 0.314 e. The number of hydrogen-bond donors (Lipinski definition) is 2. The highest BCUT2D eigenvalue weighted by Gasteiger charge is 2.25. The Balaban J connectivity index is 0.00000162. The molecule has 6 heteroatoms. The fourth-order valence-electron chi connectivity index (χ4n) is 2.33. The zero-order valence-electron chi connectivity index (χ0n) is 11.1. The molecule has 1 amide bonds. The van der Waals surface area contributed by atoms with Crippen molar-refractivity contribution >= 4 is 24.1 Å². The second-order valence-corrected chi connectivity index (χ2v) is 4.86. The lowest BCUT2D eigenvalue weighted by Gasteiger charge is -2.26. The normalized spacial score (nSPS) is 23.3. The molecule has 2 atom stereocenters. The van der Waals surface area contributed by atoms with Crippen molar-refractivity contribution in [2.24, 2.45) is 13.0 Å². The zero-order valence-corrected chi connectivity index (χ0v) is 11.9. The molecule has 1 aliphatic rings. The fraction of sp³-hybridized carbons (Fsp3) is 0.667. The highest BCUT2D eigenvalue weighted by Crippen LogP contribution is 2.18. The second-order valence-electron chi connectivity index (χ2n) is 4.86. The van der Waals surface area contributed by atoms with Gasteiger partial charge in [-0.3, -0.25) is 9.48 Å². The molecule has 0 saturated carbocycles. The Morgan fingerprint density at radius 1 is 1.61 bits per heavy atom. The Morgan fingerprint density at radius 3 is 2.89 bits per heavy atom. The van der Waals surface area contributed by atoms with Gasteiger partial charge in [0.25, 0.3) is 0 Å². The third-order valence-corrected chi connectivity index (χ3v) is 3.25. The van der Waals surface area contributed by atoms with Gasteiger partial charge in [0.15, 0.2) is 0 Å². The molecular weight excluding hydrogens is 252 g/mol. The minimum atomic E-state index is 0. The number of carbonyl (C=O) groups excluding carboxylic acids is 1. The number of rotatable bonds is 2. The minimum Gasteiger partial charge on any atom is -0.314 e. The van der Waals surface area contributed by atoms with Crippen molar-refractivity contribution in [2.45, 2.75) is 32.7 Å². The maximum absolute atomic E-state index is 12.1. The summed E-state index contributed by atoms with van der Waals surface area (Å²) in [6, 6.07) is 2.32. The van der Waals surface area contributed by atoms with Crippen LogP contribution in [0.25, 0.3) is 0 Å². The van der Waals surface area contributed by atoms with Crippen molar-refractivity contribution in [3.8, 4) is 0 Å². The van der Waals surface area contributed by atoms with Gasteiger partial charge in [-0.05, 0) is 33.2 Å². The van der Waals surface area contributed by atoms with E-state index in [0.29, 0.717) is 6.04 Å². The van der Waals surface area contributed by atoms with Crippen LogP contribution in [0.3, 0.4) is 0 Å². The summed E-state index contributed by atoms with van der Waals surface area (Å²) in [5.74, 6) is 1.00. The minimum absolute atomic E-state index is 0. The van der Waals surface area contributed by atoms with Gasteiger partial charge in [0.1, 0.15) is 5.82 Å². The van der Waals surface area contributed by atoms with Crippen LogP contribution in [-0.2, 0) is 11.8 Å².